The molecule has 0 radical (unpaired) electrons. The molecule has 1 atom stereocenters. The minimum Gasteiger partial charge on any atom is -0.356 e. The summed E-state index contributed by atoms with van der Waals surface area (Å²) in [6, 6.07) is 2.16. The molecule has 1 aliphatic rings. The van der Waals surface area contributed by atoms with Crippen molar-refractivity contribution in [2.45, 2.75) is 52.1 Å². The number of likely N-dealkylation sites (tertiary alicyclic amines) is 1. The lowest BCUT2D eigenvalue weighted by atomic mass is 10.2. The van der Waals surface area contributed by atoms with Crippen LogP contribution in [0.1, 0.15) is 37.1 Å². The molecule has 0 spiro atoms. The van der Waals surface area contributed by atoms with Crippen molar-refractivity contribution in [2.24, 2.45) is 4.99 Å². The van der Waals surface area contributed by atoms with E-state index >= 15 is 0 Å². The summed E-state index contributed by atoms with van der Waals surface area (Å²) in [6.07, 6.45) is 4.06. The van der Waals surface area contributed by atoms with E-state index < -0.39 is 0 Å². The van der Waals surface area contributed by atoms with E-state index in [1.165, 1.54) is 5.69 Å². The van der Waals surface area contributed by atoms with Crippen molar-refractivity contribution >= 4 is 35.8 Å². The van der Waals surface area contributed by atoms with E-state index in [1.807, 2.05) is 21.0 Å². The molecule has 1 aromatic heterocycles. The summed E-state index contributed by atoms with van der Waals surface area (Å²) in [7, 11) is 5.47. The number of carbonyl (C=O) groups excluding carboxylic acids is 1. The van der Waals surface area contributed by atoms with E-state index in [1.54, 1.807) is 11.9 Å². The molecule has 1 unspecified atom stereocenters. The number of rotatable bonds is 9. The molecule has 1 aromatic rings. The van der Waals surface area contributed by atoms with Crippen molar-refractivity contribution in [1.82, 2.24) is 30.2 Å². The number of nitrogens with one attached hydrogen (secondary N) is 2. The molecule has 8 nitrogen and oxygen atoms in total. The van der Waals surface area contributed by atoms with Gasteiger partial charge < -0.3 is 15.5 Å². The lowest BCUT2D eigenvalue weighted by molar-refractivity contribution is -0.133. The second-order valence-corrected chi connectivity index (χ2v) is 7.71. The highest BCUT2D eigenvalue weighted by Crippen LogP contribution is 2.18. The van der Waals surface area contributed by atoms with Crippen LogP contribution in [0, 0.1) is 13.8 Å². The summed E-state index contributed by atoms with van der Waals surface area (Å²) in [5, 5.41) is 11.2. The van der Waals surface area contributed by atoms with E-state index in [0.717, 1.165) is 70.1 Å². The largest absolute Gasteiger partial charge is 0.356 e. The zero-order valence-corrected chi connectivity index (χ0v) is 20.9. The fraction of sp³-hybridized carbons (Fsp3) is 0.750. The number of aromatic nitrogens is 2. The first kappa shape index (κ1) is 25.7. The number of aliphatic imine (C=N–C) groups is 1. The highest BCUT2D eigenvalue weighted by Gasteiger charge is 2.30. The molecule has 29 heavy (non-hydrogen) atoms. The SMILES string of the molecule is CN=C(NCCCN1CCCC1C(=O)N(C)C)NCCCn1nc(C)cc1C.I. The molecule has 2 heterocycles. The molecule has 0 bridgehead atoms. The first-order valence-corrected chi connectivity index (χ1v) is 10.3. The summed E-state index contributed by atoms with van der Waals surface area (Å²) < 4.78 is 2.05. The van der Waals surface area contributed by atoms with Crippen LogP contribution in [0.15, 0.2) is 11.1 Å². The zero-order chi connectivity index (χ0) is 20.5. The lowest BCUT2D eigenvalue weighted by Gasteiger charge is -2.26. The number of guanidine groups is 1. The third-order valence-corrected chi connectivity index (χ3v) is 5.17. The number of likely N-dealkylation sites (N-methyl/N-ethyl adjacent to an activating group) is 1. The molecular weight excluding hydrogens is 481 g/mol. The van der Waals surface area contributed by atoms with E-state index in [4.69, 9.17) is 0 Å². The van der Waals surface area contributed by atoms with Gasteiger partial charge in [0.15, 0.2) is 5.96 Å². The minimum atomic E-state index is 0. The third-order valence-electron chi connectivity index (χ3n) is 5.17. The number of hydrogen-bond donors (Lipinski definition) is 2. The molecule has 166 valence electrons. The second kappa shape index (κ2) is 13.0. The Bertz CT molecular complexity index is 659. The number of nitrogens with zero attached hydrogens (tertiary/aromatic N) is 5. The Balaban J connectivity index is 0.00000420. The molecule has 1 saturated heterocycles. The van der Waals surface area contributed by atoms with E-state index in [-0.39, 0.29) is 35.9 Å². The molecule has 0 saturated carbocycles. The van der Waals surface area contributed by atoms with Gasteiger partial charge in [0, 0.05) is 53.0 Å². The van der Waals surface area contributed by atoms with Crippen LogP contribution in [0.2, 0.25) is 0 Å². The second-order valence-electron chi connectivity index (χ2n) is 7.71. The number of aryl methyl sites for hydroxylation is 3. The number of amides is 1. The van der Waals surface area contributed by atoms with Crippen molar-refractivity contribution in [3.8, 4) is 0 Å². The molecule has 9 heteroatoms. The van der Waals surface area contributed by atoms with Gasteiger partial charge in [0.2, 0.25) is 5.91 Å². The van der Waals surface area contributed by atoms with Crippen LogP contribution in [-0.2, 0) is 11.3 Å². The van der Waals surface area contributed by atoms with E-state index in [2.05, 4.69) is 43.3 Å². The van der Waals surface area contributed by atoms with Crippen LogP contribution in [0.3, 0.4) is 0 Å². The molecule has 0 aromatic carbocycles. The third kappa shape index (κ3) is 8.12. The van der Waals surface area contributed by atoms with Crippen molar-refractivity contribution in [3.63, 3.8) is 0 Å². The molecule has 2 rings (SSSR count). The summed E-state index contributed by atoms with van der Waals surface area (Å²) in [4.78, 5) is 20.6. The summed E-state index contributed by atoms with van der Waals surface area (Å²) in [6.45, 7) is 8.66. The van der Waals surface area contributed by atoms with E-state index in [0.29, 0.717) is 0 Å². The van der Waals surface area contributed by atoms with Crippen LogP contribution in [0.5, 0.6) is 0 Å². The van der Waals surface area contributed by atoms with Gasteiger partial charge >= 0.3 is 0 Å². The average molecular weight is 519 g/mol. The Kier molecular flexibility index (Phi) is 11.6. The van der Waals surface area contributed by atoms with Crippen molar-refractivity contribution in [1.29, 1.82) is 0 Å². The van der Waals surface area contributed by atoms with Crippen LogP contribution in [-0.4, -0.2) is 84.8 Å². The van der Waals surface area contributed by atoms with Gasteiger partial charge in [-0.05, 0) is 52.1 Å². The average Bonchev–Trinajstić information content (AvgIpc) is 3.25. The molecule has 1 fully saturated rings. The first-order valence-electron chi connectivity index (χ1n) is 10.3. The van der Waals surface area contributed by atoms with Gasteiger partial charge in [-0.25, -0.2) is 0 Å². The lowest BCUT2D eigenvalue weighted by Crippen LogP contribution is -2.44. The highest BCUT2D eigenvalue weighted by atomic mass is 127. The summed E-state index contributed by atoms with van der Waals surface area (Å²) in [5.74, 6) is 1.06. The van der Waals surface area contributed by atoms with Gasteiger partial charge in [0.05, 0.1) is 11.7 Å². The van der Waals surface area contributed by atoms with Crippen molar-refractivity contribution in [3.05, 3.63) is 17.5 Å². The van der Waals surface area contributed by atoms with Crippen LogP contribution in [0.25, 0.3) is 0 Å². The van der Waals surface area contributed by atoms with Crippen LogP contribution < -0.4 is 10.6 Å². The predicted molar refractivity (Wildman–Crippen MR) is 129 cm³/mol. The van der Waals surface area contributed by atoms with Gasteiger partial charge in [-0.2, -0.15) is 5.10 Å². The number of hydrogen-bond acceptors (Lipinski definition) is 4. The molecule has 1 aliphatic heterocycles. The normalized spacial score (nSPS) is 17.1. The summed E-state index contributed by atoms with van der Waals surface area (Å²) in [5.41, 5.74) is 2.27. The molecule has 1 amide bonds. The zero-order valence-electron chi connectivity index (χ0n) is 18.6. The predicted octanol–water partition coefficient (Wildman–Crippen LogP) is 1.62. The topological polar surface area (TPSA) is 77.8 Å². The fourth-order valence-electron chi connectivity index (χ4n) is 3.72. The molecular formula is C20H38IN7O. The maximum atomic E-state index is 12.2. The number of halogens is 1. The Labute approximate surface area is 192 Å². The highest BCUT2D eigenvalue weighted by molar-refractivity contribution is 14.0. The molecule has 2 N–H and O–H groups in total. The quantitative estimate of drug-likeness (QED) is 0.225. The van der Waals surface area contributed by atoms with Crippen molar-refractivity contribution < 1.29 is 4.79 Å². The standard InChI is InChI=1S/C20H37N7O.HI/c1-16-15-17(2)27(24-16)14-8-11-23-20(21-3)22-10-7-13-26-12-6-9-18(26)19(28)25(4)5;/h15,18H,6-14H2,1-5H3,(H2,21,22,23);1H. The Hall–Kier alpha value is -1.36. The first-order chi connectivity index (χ1) is 13.4. The van der Waals surface area contributed by atoms with E-state index in [9.17, 15) is 4.79 Å². The van der Waals surface area contributed by atoms with Crippen LogP contribution in [0.4, 0.5) is 0 Å². The monoisotopic (exact) mass is 519 g/mol. The van der Waals surface area contributed by atoms with Gasteiger partial charge in [-0.1, -0.05) is 0 Å². The van der Waals surface area contributed by atoms with Gasteiger partial charge in [0.1, 0.15) is 0 Å². The maximum absolute atomic E-state index is 12.2. The fourth-order valence-corrected chi connectivity index (χ4v) is 3.72. The van der Waals surface area contributed by atoms with Gasteiger partial charge in [-0.15, -0.1) is 24.0 Å². The molecule has 0 aliphatic carbocycles. The minimum absolute atomic E-state index is 0. The Morgan fingerprint density at radius 2 is 1.90 bits per heavy atom. The smallest absolute Gasteiger partial charge is 0.239 e. The van der Waals surface area contributed by atoms with Crippen molar-refractivity contribution in [2.75, 3.05) is 47.3 Å². The number of carbonyl (C=O) groups is 1. The summed E-state index contributed by atoms with van der Waals surface area (Å²) >= 11 is 0. The van der Waals surface area contributed by atoms with Gasteiger partial charge in [0.25, 0.3) is 0 Å². The Morgan fingerprint density at radius 1 is 1.24 bits per heavy atom. The van der Waals surface area contributed by atoms with Crippen LogP contribution >= 0.6 is 24.0 Å². The Morgan fingerprint density at radius 3 is 2.45 bits per heavy atom. The van der Waals surface area contributed by atoms with Gasteiger partial charge in [-0.3, -0.25) is 19.4 Å². The maximum Gasteiger partial charge on any atom is 0.239 e.